The van der Waals surface area contributed by atoms with Gasteiger partial charge in [-0.25, -0.2) is 4.79 Å². The summed E-state index contributed by atoms with van der Waals surface area (Å²) in [7, 11) is 0. The lowest BCUT2D eigenvalue weighted by Crippen LogP contribution is -2.36. The lowest BCUT2D eigenvalue weighted by Gasteiger charge is -2.31. The van der Waals surface area contributed by atoms with E-state index in [-0.39, 0.29) is 0 Å². The molecule has 0 aliphatic carbocycles. The van der Waals surface area contributed by atoms with Crippen molar-refractivity contribution in [1.29, 1.82) is 0 Å². The second-order valence-electron chi connectivity index (χ2n) is 5.12. The normalized spacial score (nSPS) is 17.7. The van der Waals surface area contributed by atoms with Gasteiger partial charge in [-0.3, -0.25) is 0 Å². The average Bonchev–Trinajstić information content (AvgIpc) is 2.89. The number of hydrogen-bond acceptors (Lipinski definition) is 4. The fraction of sp³-hybridized carbons (Fsp3) is 0.643. The smallest absolute Gasteiger partial charge is 0.336 e. The van der Waals surface area contributed by atoms with Gasteiger partial charge in [0.15, 0.2) is 0 Å². The summed E-state index contributed by atoms with van der Waals surface area (Å²) >= 11 is 1.52. The van der Waals surface area contributed by atoms with Crippen LogP contribution in [0.2, 0.25) is 0 Å². The van der Waals surface area contributed by atoms with Gasteiger partial charge >= 0.3 is 5.97 Å². The quantitative estimate of drug-likeness (QED) is 0.840. The van der Waals surface area contributed by atoms with Crippen molar-refractivity contribution in [3.05, 3.63) is 21.9 Å². The van der Waals surface area contributed by atoms with Gasteiger partial charge in [-0.2, -0.15) is 0 Å². The summed E-state index contributed by atoms with van der Waals surface area (Å²) in [5, 5.41) is 14.0. The van der Waals surface area contributed by atoms with Crippen molar-refractivity contribution < 1.29 is 9.90 Å². The zero-order chi connectivity index (χ0) is 13.7. The number of piperidine rings is 1. The second kappa shape index (κ2) is 7.03. The molecule has 1 aliphatic rings. The maximum absolute atomic E-state index is 10.8. The molecule has 1 aliphatic heterocycles. The van der Waals surface area contributed by atoms with Gasteiger partial charge in [-0.05, 0) is 51.0 Å². The Bertz CT molecular complexity index is 411. The van der Waals surface area contributed by atoms with Gasteiger partial charge < -0.3 is 15.3 Å². The van der Waals surface area contributed by atoms with Gasteiger partial charge in [0.25, 0.3) is 0 Å². The van der Waals surface area contributed by atoms with Crippen LogP contribution in [0.15, 0.2) is 11.4 Å². The van der Waals surface area contributed by atoms with Crippen molar-refractivity contribution in [3.63, 3.8) is 0 Å². The van der Waals surface area contributed by atoms with Gasteiger partial charge in [-0.1, -0.05) is 6.92 Å². The molecule has 106 valence electrons. The topological polar surface area (TPSA) is 52.6 Å². The lowest BCUT2D eigenvalue weighted by molar-refractivity contribution is 0.0697. The molecule has 1 aromatic rings. The van der Waals surface area contributed by atoms with Crippen LogP contribution < -0.4 is 5.32 Å². The first-order chi connectivity index (χ1) is 9.19. The summed E-state index contributed by atoms with van der Waals surface area (Å²) in [4.78, 5) is 14.4. The zero-order valence-electron chi connectivity index (χ0n) is 11.4. The SMILES string of the molecule is CCN1CCC(CNCc2cc(C(=O)O)cs2)CC1. The maximum atomic E-state index is 10.8. The molecule has 0 saturated carbocycles. The molecule has 4 nitrogen and oxygen atoms in total. The van der Waals surface area contributed by atoms with Gasteiger partial charge in [0, 0.05) is 16.8 Å². The number of nitrogens with one attached hydrogen (secondary N) is 1. The van der Waals surface area contributed by atoms with Crippen LogP contribution in [-0.2, 0) is 6.54 Å². The predicted molar refractivity (Wildman–Crippen MR) is 77.8 cm³/mol. The number of carboxylic acids is 1. The Morgan fingerprint density at radius 3 is 2.84 bits per heavy atom. The molecule has 0 aromatic carbocycles. The predicted octanol–water partition coefficient (Wildman–Crippen LogP) is 2.27. The maximum Gasteiger partial charge on any atom is 0.336 e. The van der Waals surface area contributed by atoms with Gasteiger partial charge in [0.1, 0.15) is 0 Å². The van der Waals surface area contributed by atoms with E-state index in [4.69, 9.17) is 5.11 Å². The molecule has 2 rings (SSSR count). The highest BCUT2D eigenvalue weighted by atomic mass is 32.1. The van der Waals surface area contributed by atoms with Crippen LogP contribution in [0.5, 0.6) is 0 Å². The van der Waals surface area contributed by atoms with E-state index in [9.17, 15) is 4.79 Å². The van der Waals surface area contributed by atoms with Crippen molar-refractivity contribution in [2.24, 2.45) is 5.92 Å². The monoisotopic (exact) mass is 282 g/mol. The minimum absolute atomic E-state index is 0.401. The highest BCUT2D eigenvalue weighted by Crippen LogP contribution is 2.17. The third kappa shape index (κ3) is 4.30. The van der Waals surface area contributed by atoms with E-state index < -0.39 is 5.97 Å². The van der Waals surface area contributed by atoms with Crippen LogP contribution in [0.4, 0.5) is 0 Å². The first-order valence-corrected chi connectivity index (χ1v) is 7.80. The number of likely N-dealkylation sites (tertiary alicyclic amines) is 1. The van der Waals surface area contributed by atoms with Crippen molar-refractivity contribution in [2.75, 3.05) is 26.2 Å². The molecular weight excluding hydrogens is 260 g/mol. The summed E-state index contributed by atoms with van der Waals surface area (Å²) in [6.07, 6.45) is 2.54. The van der Waals surface area contributed by atoms with Crippen LogP contribution in [0.25, 0.3) is 0 Å². The number of thiophene rings is 1. The van der Waals surface area contributed by atoms with Gasteiger partial charge in [-0.15, -0.1) is 11.3 Å². The molecule has 5 heteroatoms. The van der Waals surface area contributed by atoms with E-state index in [0.717, 1.165) is 30.4 Å². The van der Waals surface area contributed by atoms with Gasteiger partial charge in [0.2, 0.25) is 0 Å². The molecule has 0 radical (unpaired) electrons. The molecular formula is C14H22N2O2S. The molecule has 19 heavy (non-hydrogen) atoms. The van der Waals surface area contributed by atoms with E-state index in [1.807, 2.05) is 0 Å². The molecule has 0 amide bonds. The fourth-order valence-electron chi connectivity index (χ4n) is 2.49. The molecule has 1 saturated heterocycles. The Morgan fingerprint density at radius 1 is 1.53 bits per heavy atom. The fourth-order valence-corrected chi connectivity index (χ4v) is 3.32. The van der Waals surface area contributed by atoms with Gasteiger partial charge in [0.05, 0.1) is 5.56 Å². The summed E-state index contributed by atoms with van der Waals surface area (Å²) in [5.74, 6) is -0.0730. The Balaban J connectivity index is 1.67. The van der Waals surface area contributed by atoms with Crippen molar-refractivity contribution in [2.45, 2.75) is 26.3 Å². The van der Waals surface area contributed by atoms with Crippen LogP contribution in [-0.4, -0.2) is 42.2 Å². The highest BCUT2D eigenvalue weighted by molar-refractivity contribution is 7.10. The number of hydrogen-bond donors (Lipinski definition) is 2. The Morgan fingerprint density at radius 2 is 2.26 bits per heavy atom. The highest BCUT2D eigenvalue weighted by Gasteiger charge is 2.17. The molecule has 2 heterocycles. The van der Waals surface area contributed by atoms with E-state index in [1.54, 1.807) is 11.4 Å². The minimum Gasteiger partial charge on any atom is -0.478 e. The van der Waals surface area contributed by atoms with Crippen molar-refractivity contribution in [3.8, 4) is 0 Å². The van der Waals surface area contributed by atoms with Crippen LogP contribution >= 0.6 is 11.3 Å². The minimum atomic E-state index is -0.838. The summed E-state index contributed by atoms with van der Waals surface area (Å²) in [5.41, 5.74) is 0.401. The molecule has 0 spiro atoms. The van der Waals surface area contributed by atoms with Crippen molar-refractivity contribution in [1.82, 2.24) is 10.2 Å². The molecule has 0 unspecified atom stereocenters. The molecule has 2 N–H and O–H groups in total. The lowest BCUT2D eigenvalue weighted by atomic mass is 9.97. The largest absolute Gasteiger partial charge is 0.478 e. The first kappa shape index (κ1) is 14.5. The molecule has 1 aromatic heterocycles. The Labute approximate surface area is 118 Å². The molecule has 0 atom stereocenters. The standard InChI is InChI=1S/C14H22N2O2S/c1-2-16-5-3-11(4-6-16)8-15-9-13-7-12(10-19-13)14(17)18/h7,10-11,15H,2-6,8-9H2,1H3,(H,17,18). The van der Waals surface area contributed by atoms with E-state index in [1.165, 1.54) is 37.3 Å². The second-order valence-corrected chi connectivity index (χ2v) is 6.11. The first-order valence-electron chi connectivity index (χ1n) is 6.92. The summed E-state index contributed by atoms with van der Waals surface area (Å²) in [6, 6.07) is 1.76. The molecule has 0 bridgehead atoms. The summed E-state index contributed by atoms with van der Waals surface area (Å²) in [6.45, 7) is 7.63. The number of rotatable bonds is 6. The summed E-state index contributed by atoms with van der Waals surface area (Å²) < 4.78 is 0. The zero-order valence-corrected chi connectivity index (χ0v) is 12.2. The van der Waals surface area contributed by atoms with Crippen LogP contribution in [0, 0.1) is 5.92 Å². The third-order valence-electron chi connectivity index (χ3n) is 3.79. The number of carbonyl (C=O) groups is 1. The van der Waals surface area contributed by atoms with Crippen LogP contribution in [0.1, 0.15) is 35.0 Å². The Kier molecular flexibility index (Phi) is 5.36. The Hall–Kier alpha value is -0.910. The number of carboxylic acid groups (broad SMARTS) is 1. The number of nitrogens with zero attached hydrogens (tertiary/aromatic N) is 1. The van der Waals surface area contributed by atoms with E-state index in [2.05, 4.69) is 17.1 Å². The van der Waals surface area contributed by atoms with Crippen LogP contribution in [0.3, 0.4) is 0 Å². The third-order valence-corrected chi connectivity index (χ3v) is 4.72. The van der Waals surface area contributed by atoms with E-state index >= 15 is 0 Å². The number of aromatic carboxylic acids is 1. The van der Waals surface area contributed by atoms with Crippen molar-refractivity contribution >= 4 is 17.3 Å². The average molecular weight is 282 g/mol. The molecule has 1 fully saturated rings. The van der Waals surface area contributed by atoms with E-state index in [0.29, 0.717) is 5.56 Å².